The maximum atomic E-state index is 12.9. The van der Waals surface area contributed by atoms with Gasteiger partial charge in [-0.25, -0.2) is 0 Å². The topological polar surface area (TPSA) is 125 Å². The SMILES string of the molecule is CCCCCOc1ccc(C=CC(=O)c2cccc3c2OC(N)(c2nn[nH]n2)CO3)cc1. The highest BCUT2D eigenvalue weighted by atomic mass is 16.6. The molecule has 3 N–H and O–H groups in total. The largest absolute Gasteiger partial charge is 0.494 e. The number of nitrogens with one attached hydrogen (secondary N) is 1. The summed E-state index contributed by atoms with van der Waals surface area (Å²) in [5.74, 6) is 1.38. The lowest BCUT2D eigenvalue weighted by molar-refractivity contribution is -0.0154. The zero-order valence-electron chi connectivity index (χ0n) is 17.8. The summed E-state index contributed by atoms with van der Waals surface area (Å²) in [4.78, 5) is 12.9. The second kappa shape index (κ2) is 9.61. The maximum Gasteiger partial charge on any atom is 0.257 e. The van der Waals surface area contributed by atoms with Gasteiger partial charge in [0.25, 0.3) is 5.72 Å². The number of benzene rings is 2. The average molecular weight is 435 g/mol. The normalized spacial score (nSPS) is 17.4. The first-order valence-corrected chi connectivity index (χ1v) is 10.5. The van der Waals surface area contributed by atoms with Gasteiger partial charge in [0.1, 0.15) is 12.4 Å². The van der Waals surface area contributed by atoms with Gasteiger partial charge in [0.2, 0.25) is 5.82 Å². The number of ether oxygens (including phenoxy) is 3. The van der Waals surface area contributed by atoms with Crippen molar-refractivity contribution in [1.29, 1.82) is 0 Å². The lowest BCUT2D eigenvalue weighted by Gasteiger charge is -2.33. The van der Waals surface area contributed by atoms with Gasteiger partial charge in [-0.1, -0.05) is 44.0 Å². The first-order chi connectivity index (χ1) is 15.6. The number of hydrogen-bond donors (Lipinski definition) is 2. The van der Waals surface area contributed by atoms with Crippen LogP contribution in [0.2, 0.25) is 0 Å². The molecule has 0 aliphatic carbocycles. The van der Waals surface area contributed by atoms with Gasteiger partial charge in [-0.05, 0) is 47.5 Å². The molecule has 4 rings (SSSR count). The molecule has 0 amide bonds. The Morgan fingerprint density at radius 3 is 2.84 bits per heavy atom. The van der Waals surface area contributed by atoms with Crippen molar-refractivity contribution < 1.29 is 19.0 Å². The fourth-order valence-corrected chi connectivity index (χ4v) is 3.26. The summed E-state index contributed by atoms with van der Waals surface area (Å²) in [6.07, 6.45) is 6.57. The third-order valence-corrected chi connectivity index (χ3v) is 5.02. The van der Waals surface area contributed by atoms with Crippen LogP contribution in [0.4, 0.5) is 0 Å². The quantitative estimate of drug-likeness (QED) is 0.298. The summed E-state index contributed by atoms with van der Waals surface area (Å²) in [7, 11) is 0. The number of allylic oxidation sites excluding steroid dienone is 1. The van der Waals surface area contributed by atoms with E-state index in [0.29, 0.717) is 17.9 Å². The van der Waals surface area contributed by atoms with Gasteiger partial charge >= 0.3 is 0 Å². The summed E-state index contributed by atoms with van der Waals surface area (Å²) >= 11 is 0. The Balaban J connectivity index is 1.46. The van der Waals surface area contributed by atoms with E-state index >= 15 is 0 Å². The monoisotopic (exact) mass is 435 g/mol. The van der Waals surface area contributed by atoms with Crippen molar-refractivity contribution in [3.05, 3.63) is 65.5 Å². The highest BCUT2D eigenvalue weighted by Gasteiger charge is 2.41. The molecule has 1 unspecified atom stereocenters. The lowest BCUT2D eigenvalue weighted by Crippen LogP contribution is -2.51. The minimum Gasteiger partial charge on any atom is -0.494 e. The van der Waals surface area contributed by atoms with Crippen LogP contribution in [0, 0.1) is 0 Å². The van der Waals surface area contributed by atoms with Crippen LogP contribution in [0.5, 0.6) is 17.2 Å². The molecular weight excluding hydrogens is 410 g/mol. The van der Waals surface area contributed by atoms with Crippen molar-refractivity contribution in [2.45, 2.75) is 31.9 Å². The van der Waals surface area contributed by atoms with E-state index in [4.69, 9.17) is 19.9 Å². The Morgan fingerprint density at radius 1 is 1.25 bits per heavy atom. The molecule has 0 saturated heterocycles. The molecule has 9 heteroatoms. The molecule has 3 aromatic rings. The second-order valence-corrected chi connectivity index (χ2v) is 7.47. The first-order valence-electron chi connectivity index (χ1n) is 10.5. The minimum atomic E-state index is -1.45. The molecule has 0 spiro atoms. The molecule has 2 aromatic carbocycles. The van der Waals surface area contributed by atoms with Crippen molar-refractivity contribution >= 4 is 11.9 Å². The first kappa shape index (κ1) is 21.5. The number of unbranched alkanes of at least 4 members (excludes halogenated alkanes) is 2. The van der Waals surface area contributed by atoms with E-state index in [0.717, 1.165) is 30.6 Å². The van der Waals surface area contributed by atoms with Crippen LogP contribution in [-0.2, 0) is 5.72 Å². The summed E-state index contributed by atoms with van der Waals surface area (Å²) in [5.41, 5.74) is 6.02. The van der Waals surface area contributed by atoms with Crippen LogP contribution >= 0.6 is 0 Å². The minimum absolute atomic E-state index is 0.0140. The Labute approximate surface area is 185 Å². The number of fused-ring (bicyclic) bond motifs is 1. The standard InChI is InChI=1S/C23H25N5O4/c1-2-3-4-14-30-17-11-8-16(9-12-17)10-13-19(29)18-6-5-7-20-21(18)32-23(24,15-31-20)22-25-27-28-26-22/h5-13H,2-4,14-15,24H2,1H3,(H,25,26,27,28). The number of hydrogen-bond acceptors (Lipinski definition) is 8. The summed E-state index contributed by atoms with van der Waals surface area (Å²) in [6, 6.07) is 12.7. The van der Waals surface area contributed by atoms with E-state index in [1.165, 1.54) is 6.08 Å². The number of carbonyl (C=O) groups excluding carboxylic acids is 1. The second-order valence-electron chi connectivity index (χ2n) is 7.47. The highest BCUT2D eigenvalue weighted by molar-refractivity contribution is 6.09. The third-order valence-electron chi connectivity index (χ3n) is 5.02. The molecule has 1 aliphatic rings. The summed E-state index contributed by atoms with van der Waals surface area (Å²) in [5, 5.41) is 13.6. The molecule has 0 saturated carbocycles. The van der Waals surface area contributed by atoms with Crippen LogP contribution in [0.3, 0.4) is 0 Å². The maximum absolute atomic E-state index is 12.9. The van der Waals surface area contributed by atoms with Gasteiger partial charge in [-0.2, -0.15) is 5.21 Å². The molecule has 0 fully saturated rings. The van der Waals surface area contributed by atoms with Gasteiger partial charge < -0.3 is 14.2 Å². The smallest absolute Gasteiger partial charge is 0.257 e. The highest BCUT2D eigenvalue weighted by Crippen LogP contribution is 2.39. The number of carbonyl (C=O) groups is 1. The fourth-order valence-electron chi connectivity index (χ4n) is 3.26. The molecule has 1 aliphatic heterocycles. The number of nitrogens with two attached hydrogens (primary N) is 1. The van der Waals surface area contributed by atoms with Crippen molar-refractivity contribution in [2.24, 2.45) is 5.73 Å². The summed E-state index contributed by atoms with van der Waals surface area (Å²) < 4.78 is 17.4. The van der Waals surface area contributed by atoms with Gasteiger partial charge in [0, 0.05) is 0 Å². The Hall–Kier alpha value is -3.72. The van der Waals surface area contributed by atoms with E-state index in [9.17, 15) is 4.79 Å². The number of rotatable bonds is 9. The molecular formula is C23H25N5O4. The third kappa shape index (κ3) is 4.78. The van der Waals surface area contributed by atoms with Crippen LogP contribution in [0.15, 0.2) is 48.5 Å². The predicted molar refractivity (Wildman–Crippen MR) is 117 cm³/mol. The number of tetrazole rings is 1. The van der Waals surface area contributed by atoms with E-state index in [-0.39, 0.29) is 24.0 Å². The fraction of sp³-hybridized carbons (Fsp3) is 0.304. The van der Waals surface area contributed by atoms with Crippen molar-refractivity contribution in [3.8, 4) is 17.2 Å². The summed E-state index contributed by atoms with van der Waals surface area (Å²) in [6.45, 7) is 2.85. The zero-order valence-corrected chi connectivity index (χ0v) is 17.8. The van der Waals surface area contributed by atoms with E-state index in [2.05, 4.69) is 27.5 Å². The predicted octanol–water partition coefficient (Wildman–Crippen LogP) is 3.25. The van der Waals surface area contributed by atoms with Gasteiger partial charge in [-0.3, -0.25) is 10.5 Å². The van der Waals surface area contributed by atoms with Crippen molar-refractivity contribution in [2.75, 3.05) is 13.2 Å². The van der Waals surface area contributed by atoms with Crippen LogP contribution in [0.1, 0.15) is 47.9 Å². The number of H-pyrrole nitrogens is 1. The van der Waals surface area contributed by atoms with Crippen molar-refractivity contribution in [1.82, 2.24) is 20.6 Å². The number of nitrogens with zero attached hydrogens (tertiary/aromatic N) is 3. The van der Waals surface area contributed by atoms with E-state index in [1.54, 1.807) is 24.3 Å². The Bertz CT molecular complexity index is 1080. The average Bonchev–Trinajstić information content (AvgIpc) is 3.37. The number of para-hydroxylation sites is 1. The molecule has 166 valence electrons. The zero-order chi connectivity index (χ0) is 22.4. The number of ketones is 1. The number of aromatic amines is 1. The molecule has 0 bridgehead atoms. The van der Waals surface area contributed by atoms with Crippen molar-refractivity contribution in [3.63, 3.8) is 0 Å². The van der Waals surface area contributed by atoms with Crippen LogP contribution in [-0.4, -0.2) is 39.6 Å². The number of aromatic nitrogens is 4. The molecule has 9 nitrogen and oxygen atoms in total. The van der Waals surface area contributed by atoms with E-state index in [1.807, 2.05) is 24.3 Å². The van der Waals surface area contributed by atoms with Gasteiger partial charge in [-0.15, -0.1) is 10.2 Å². The molecule has 32 heavy (non-hydrogen) atoms. The van der Waals surface area contributed by atoms with Crippen LogP contribution < -0.4 is 19.9 Å². The molecule has 1 aromatic heterocycles. The molecule has 2 heterocycles. The Kier molecular flexibility index (Phi) is 6.46. The molecule has 0 radical (unpaired) electrons. The van der Waals surface area contributed by atoms with Gasteiger partial charge in [0.05, 0.1) is 12.2 Å². The lowest BCUT2D eigenvalue weighted by atomic mass is 10.1. The Morgan fingerprint density at radius 2 is 2.09 bits per heavy atom. The van der Waals surface area contributed by atoms with Gasteiger partial charge in [0.15, 0.2) is 17.3 Å². The van der Waals surface area contributed by atoms with E-state index < -0.39 is 5.72 Å². The molecule has 1 atom stereocenters. The van der Waals surface area contributed by atoms with Crippen LogP contribution in [0.25, 0.3) is 6.08 Å².